The number of nitrogens with zero attached hydrogens (tertiary/aromatic N) is 1. The smallest absolute Gasteiger partial charge is 0.314 e. The molecule has 0 heterocycles. The van der Waals surface area contributed by atoms with Crippen molar-refractivity contribution in [2.24, 2.45) is 10.9 Å². The summed E-state index contributed by atoms with van der Waals surface area (Å²) in [6, 6.07) is 7.97. The second-order valence-corrected chi connectivity index (χ2v) is 8.38. The first kappa shape index (κ1) is 20.8. The highest BCUT2D eigenvalue weighted by Crippen LogP contribution is 2.28. The quantitative estimate of drug-likeness (QED) is 0.302. The standard InChI is InChI=1S/C25H35NO2/c1-3-10-24(26-23-14-7-5-4-6-11-19(23)2)20-15-17-22(18-16-20)28-25(27)21-12-8-9-13-21/h15-18,21H,3-14H2,1-2H3/b23-19+,26-24+. The molecule has 0 atom stereocenters. The van der Waals surface area contributed by atoms with Gasteiger partial charge in [0, 0.05) is 11.4 Å². The van der Waals surface area contributed by atoms with E-state index < -0.39 is 0 Å². The highest BCUT2D eigenvalue weighted by molar-refractivity contribution is 6.01. The van der Waals surface area contributed by atoms with Gasteiger partial charge in [-0.15, -0.1) is 0 Å². The molecule has 0 radical (unpaired) electrons. The third-order valence-corrected chi connectivity index (χ3v) is 6.06. The molecule has 0 amide bonds. The number of aliphatic imine (C=N–C) groups is 1. The summed E-state index contributed by atoms with van der Waals surface area (Å²) in [4.78, 5) is 17.4. The van der Waals surface area contributed by atoms with Crippen LogP contribution in [0.1, 0.15) is 96.5 Å². The molecule has 1 aromatic carbocycles. The number of hydrogen-bond donors (Lipinski definition) is 0. The fourth-order valence-electron chi connectivity index (χ4n) is 4.29. The molecule has 2 aliphatic rings. The Morgan fingerprint density at radius 3 is 2.36 bits per heavy atom. The molecule has 2 aliphatic carbocycles. The van der Waals surface area contributed by atoms with Gasteiger partial charge in [-0.1, -0.05) is 44.6 Å². The van der Waals surface area contributed by atoms with Crippen molar-refractivity contribution in [3.8, 4) is 5.75 Å². The van der Waals surface area contributed by atoms with Crippen LogP contribution < -0.4 is 4.74 Å². The average Bonchev–Trinajstić information content (AvgIpc) is 3.23. The molecular weight excluding hydrogens is 346 g/mol. The van der Waals surface area contributed by atoms with Crippen molar-refractivity contribution in [2.45, 2.75) is 90.9 Å². The fraction of sp³-hybridized carbons (Fsp3) is 0.600. The molecule has 1 aromatic rings. The number of benzene rings is 1. The Morgan fingerprint density at radius 2 is 1.68 bits per heavy atom. The lowest BCUT2D eigenvalue weighted by Gasteiger charge is -2.15. The van der Waals surface area contributed by atoms with Crippen LogP contribution >= 0.6 is 0 Å². The van der Waals surface area contributed by atoms with Gasteiger partial charge in [0.25, 0.3) is 0 Å². The van der Waals surface area contributed by atoms with Gasteiger partial charge in [0.15, 0.2) is 0 Å². The fourth-order valence-corrected chi connectivity index (χ4v) is 4.29. The summed E-state index contributed by atoms with van der Waals surface area (Å²) >= 11 is 0. The first-order chi connectivity index (χ1) is 13.7. The number of carbonyl (C=O) groups is 1. The van der Waals surface area contributed by atoms with Crippen LogP contribution in [0.15, 0.2) is 40.5 Å². The Kier molecular flexibility index (Phi) is 7.88. The minimum absolute atomic E-state index is 0.0667. The van der Waals surface area contributed by atoms with E-state index in [1.165, 1.54) is 43.4 Å². The lowest BCUT2D eigenvalue weighted by atomic mass is 9.98. The summed E-state index contributed by atoms with van der Waals surface area (Å²) in [5.41, 5.74) is 5.05. The zero-order chi connectivity index (χ0) is 19.8. The van der Waals surface area contributed by atoms with Gasteiger partial charge >= 0.3 is 5.97 Å². The summed E-state index contributed by atoms with van der Waals surface area (Å²) in [6.45, 7) is 4.45. The van der Waals surface area contributed by atoms with Crippen LogP contribution in [0.3, 0.4) is 0 Å². The zero-order valence-electron chi connectivity index (χ0n) is 17.6. The van der Waals surface area contributed by atoms with E-state index in [0.717, 1.165) is 56.2 Å². The summed E-state index contributed by atoms with van der Waals surface area (Å²) < 4.78 is 5.60. The van der Waals surface area contributed by atoms with E-state index >= 15 is 0 Å². The van der Waals surface area contributed by atoms with Gasteiger partial charge < -0.3 is 4.74 Å². The second-order valence-electron chi connectivity index (χ2n) is 8.38. The van der Waals surface area contributed by atoms with Crippen LogP contribution in [0.25, 0.3) is 0 Å². The number of carbonyl (C=O) groups excluding carboxylic acids is 1. The van der Waals surface area contributed by atoms with Gasteiger partial charge in [-0.2, -0.15) is 0 Å². The Morgan fingerprint density at radius 1 is 1.00 bits per heavy atom. The zero-order valence-corrected chi connectivity index (χ0v) is 17.6. The normalized spacial score (nSPS) is 22.0. The predicted octanol–water partition coefficient (Wildman–Crippen LogP) is 7.00. The second kappa shape index (κ2) is 10.6. The largest absolute Gasteiger partial charge is 0.426 e. The number of rotatable bonds is 6. The van der Waals surface area contributed by atoms with Gasteiger partial charge in [-0.25, -0.2) is 0 Å². The molecular formula is C25H35NO2. The van der Waals surface area contributed by atoms with E-state index in [1.807, 2.05) is 12.1 Å². The van der Waals surface area contributed by atoms with Crippen LogP contribution in [0.5, 0.6) is 5.75 Å². The molecule has 0 bridgehead atoms. The van der Waals surface area contributed by atoms with Gasteiger partial charge in [-0.05, 0) is 81.7 Å². The highest BCUT2D eigenvalue weighted by Gasteiger charge is 2.24. The predicted molar refractivity (Wildman–Crippen MR) is 116 cm³/mol. The Balaban J connectivity index is 1.74. The van der Waals surface area contributed by atoms with E-state index in [-0.39, 0.29) is 11.9 Å². The lowest BCUT2D eigenvalue weighted by molar-refractivity contribution is -0.138. The molecule has 0 saturated heterocycles. The molecule has 3 nitrogen and oxygen atoms in total. The minimum Gasteiger partial charge on any atom is -0.426 e. The van der Waals surface area contributed by atoms with E-state index in [4.69, 9.17) is 9.73 Å². The Hall–Kier alpha value is -1.90. The Labute approximate surface area is 170 Å². The third-order valence-electron chi connectivity index (χ3n) is 6.06. The Bertz CT molecular complexity index is 709. The van der Waals surface area contributed by atoms with Crippen molar-refractivity contribution in [2.75, 3.05) is 0 Å². The maximum atomic E-state index is 12.2. The van der Waals surface area contributed by atoms with Crippen LogP contribution in [0.4, 0.5) is 0 Å². The highest BCUT2D eigenvalue weighted by atomic mass is 16.5. The third kappa shape index (κ3) is 5.80. The summed E-state index contributed by atoms with van der Waals surface area (Å²) in [6.07, 6.45) is 13.7. The molecule has 0 aliphatic heterocycles. The van der Waals surface area contributed by atoms with Gasteiger partial charge in [0.2, 0.25) is 0 Å². The van der Waals surface area contributed by atoms with Crippen molar-refractivity contribution in [1.29, 1.82) is 0 Å². The summed E-state index contributed by atoms with van der Waals surface area (Å²) in [7, 11) is 0. The van der Waals surface area contributed by atoms with Crippen LogP contribution in [0, 0.1) is 5.92 Å². The van der Waals surface area contributed by atoms with E-state index in [0.29, 0.717) is 5.75 Å². The van der Waals surface area contributed by atoms with Crippen molar-refractivity contribution < 1.29 is 9.53 Å². The van der Waals surface area contributed by atoms with Crippen molar-refractivity contribution >= 4 is 11.7 Å². The molecule has 1 fully saturated rings. The van der Waals surface area contributed by atoms with Crippen molar-refractivity contribution in [3.63, 3.8) is 0 Å². The number of allylic oxidation sites excluding steroid dienone is 2. The molecule has 3 rings (SSSR count). The molecule has 152 valence electrons. The molecule has 0 aromatic heterocycles. The first-order valence-electron chi connectivity index (χ1n) is 11.3. The summed E-state index contributed by atoms with van der Waals surface area (Å²) in [5, 5.41) is 0. The molecule has 1 saturated carbocycles. The minimum atomic E-state index is -0.0667. The molecule has 0 spiro atoms. The maximum absolute atomic E-state index is 12.2. The van der Waals surface area contributed by atoms with Crippen LogP contribution in [0.2, 0.25) is 0 Å². The number of ether oxygens (including phenoxy) is 1. The lowest BCUT2D eigenvalue weighted by Crippen LogP contribution is -2.17. The van der Waals surface area contributed by atoms with Gasteiger partial charge in [-0.3, -0.25) is 9.79 Å². The maximum Gasteiger partial charge on any atom is 0.314 e. The number of hydrogen-bond acceptors (Lipinski definition) is 3. The van der Waals surface area contributed by atoms with Gasteiger partial charge in [0.1, 0.15) is 5.75 Å². The topological polar surface area (TPSA) is 38.7 Å². The van der Waals surface area contributed by atoms with Gasteiger partial charge in [0.05, 0.1) is 5.92 Å². The van der Waals surface area contributed by atoms with E-state index in [1.54, 1.807) is 0 Å². The molecule has 28 heavy (non-hydrogen) atoms. The molecule has 3 heteroatoms. The first-order valence-corrected chi connectivity index (χ1v) is 11.3. The van der Waals surface area contributed by atoms with Crippen molar-refractivity contribution in [3.05, 3.63) is 41.1 Å². The molecule has 0 unspecified atom stereocenters. The monoisotopic (exact) mass is 381 g/mol. The van der Waals surface area contributed by atoms with Crippen LogP contribution in [-0.2, 0) is 4.79 Å². The SMILES string of the molecule is CCC/C(=N\C1=C(/C)CCCCCC1)c1ccc(OC(=O)C2CCCC2)cc1. The number of esters is 1. The van der Waals surface area contributed by atoms with E-state index in [2.05, 4.69) is 26.0 Å². The van der Waals surface area contributed by atoms with E-state index in [9.17, 15) is 4.79 Å². The summed E-state index contributed by atoms with van der Waals surface area (Å²) in [5.74, 6) is 0.673. The average molecular weight is 382 g/mol. The molecule has 0 N–H and O–H groups in total. The van der Waals surface area contributed by atoms with Crippen molar-refractivity contribution in [1.82, 2.24) is 0 Å². The van der Waals surface area contributed by atoms with Crippen LogP contribution in [-0.4, -0.2) is 11.7 Å².